The minimum absolute atomic E-state index is 0.0261. The standard InChI is InChI=1S/C21H23N5O3/c1-15-24-25-20(28-15)14-26-12-3-2-6-19(26)21(27)23-16-7-9-17(10-8-16)29-18-5-4-11-22-13-18/h4-5,7-11,13,19H,2-3,6,12,14H2,1H3,(H,23,27)/t19-/m1/s1. The minimum Gasteiger partial charge on any atom is -0.456 e. The third-order valence-corrected chi connectivity index (χ3v) is 4.81. The molecule has 8 nitrogen and oxygen atoms in total. The quantitative estimate of drug-likeness (QED) is 0.684. The van der Waals surface area contributed by atoms with Gasteiger partial charge >= 0.3 is 0 Å². The van der Waals surface area contributed by atoms with E-state index in [4.69, 9.17) is 9.15 Å². The maximum atomic E-state index is 12.9. The third kappa shape index (κ3) is 4.97. The molecule has 0 spiro atoms. The van der Waals surface area contributed by atoms with Gasteiger partial charge < -0.3 is 14.5 Å². The summed E-state index contributed by atoms with van der Waals surface area (Å²) < 4.78 is 11.2. The molecule has 150 valence electrons. The van der Waals surface area contributed by atoms with E-state index in [0.717, 1.165) is 31.5 Å². The van der Waals surface area contributed by atoms with Crippen LogP contribution in [0.5, 0.6) is 11.5 Å². The van der Waals surface area contributed by atoms with E-state index in [0.29, 0.717) is 29.8 Å². The normalized spacial score (nSPS) is 17.1. The number of hydrogen-bond donors (Lipinski definition) is 1. The first-order chi connectivity index (χ1) is 14.2. The highest BCUT2D eigenvalue weighted by Gasteiger charge is 2.29. The maximum absolute atomic E-state index is 12.9. The average molecular weight is 393 g/mol. The van der Waals surface area contributed by atoms with Crippen LogP contribution in [0, 0.1) is 6.92 Å². The van der Waals surface area contributed by atoms with E-state index in [1.54, 1.807) is 19.3 Å². The summed E-state index contributed by atoms with van der Waals surface area (Å²) >= 11 is 0. The van der Waals surface area contributed by atoms with Gasteiger partial charge in [-0.15, -0.1) is 10.2 Å². The molecule has 1 aromatic carbocycles. The Morgan fingerprint density at radius 3 is 2.79 bits per heavy atom. The van der Waals surface area contributed by atoms with Crippen LogP contribution in [0.25, 0.3) is 0 Å². The lowest BCUT2D eigenvalue weighted by atomic mass is 10.0. The molecule has 2 aromatic heterocycles. The lowest BCUT2D eigenvalue weighted by molar-refractivity contribution is -0.122. The van der Waals surface area contributed by atoms with Crippen LogP contribution in [0.4, 0.5) is 5.69 Å². The highest BCUT2D eigenvalue weighted by Crippen LogP contribution is 2.24. The zero-order chi connectivity index (χ0) is 20.1. The molecule has 1 atom stereocenters. The lowest BCUT2D eigenvalue weighted by Crippen LogP contribution is -2.46. The molecule has 1 N–H and O–H groups in total. The van der Waals surface area contributed by atoms with Gasteiger partial charge in [0, 0.05) is 18.8 Å². The van der Waals surface area contributed by atoms with Crippen molar-refractivity contribution < 1.29 is 13.9 Å². The van der Waals surface area contributed by atoms with Gasteiger partial charge in [-0.25, -0.2) is 0 Å². The van der Waals surface area contributed by atoms with Crippen LogP contribution in [0.15, 0.2) is 53.2 Å². The Hall–Kier alpha value is -3.26. The van der Waals surface area contributed by atoms with Crippen molar-refractivity contribution in [2.75, 3.05) is 11.9 Å². The van der Waals surface area contributed by atoms with Crippen molar-refractivity contribution >= 4 is 11.6 Å². The second kappa shape index (κ2) is 8.83. The van der Waals surface area contributed by atoms with E-state index in [9.17, 15) is 4.79 Å². The summed E-state index contributed by atoms with van der Waals surface area (Å²) in [4.78, 5) is 19.0. The van der Waals surface area contributed by atoms with Gasteiger partial charge in [-0.1, -0.05) is 6.42 Å². The second-order valence-electron chi connectivity index (χ2n) is 7.00. The maximum Gasteiger partial charge on any atom is 0.241 e. The van der Waals surface area contributed by atoms with E-state index >= 15 is 0 Å². The van der Waals surface area contributed by atoms with Gasteiger partial charge in [0.1, 0.15) is 11.5 Å². The minimum atomic E-state index is -0.220. The number of aryl methyl sites for hydroxylation is 1. The van der Waals surface area contributed by atoms with E-state index in [2.05, 4.69) is 25.4 Å². The molecule has 29 heavy (non-hydrogen) atoms. The van der Waals surface area contributed by atoms with E-state index in [-0.39, 0.29) is 11.9 Å². The second-order valence-corrected chi connectivity index (χ2v) is 7.00. The Balaban J connectivity index is 1.38. The molecule has 1 amide bonds. The summed E-state index contributed by atoms with van der Waals surface area (Å²) in [5.41, 5.74) is 0.729. The monoisotopic (exact) mass is 393 g/mol. The van der Waals surface area contributed by atoms with Gasteiger partial charge in [-0.2, -0.15) is 0 Å². The molecule has 0 aliphatic carbocycles. The molecule has 1 fully saturated rings. The predicted octanol–water partition coefficient (Wildman–Crippen LogP) is 3.56. The Morgan fingerprint density at radius 1 is 1.21 bits per heavy atom. The smallest absolute Gasteiger partial charge is 0.241 e. The average Bonchev–Trinajstić information content (AvgIpc) is 3.15. The molecule has 4 rings (SSSR count). The molecule has 0 radical (unpaired) electrons. The molecule has 8 heteroatoms. The molecule has 1 aliphatic rings. The van der Waals surface area contributed by atoms with Crippen LogP contribution in [0.1, 0.15) is 31.0 Å². The van der Waals surface area contributed by atoms with Crippen molar-refractivity contribution in [2.24, 2.45) is 0 Å². The fourth-order valence-corrected chi connectivity index (χ4v) is 3.43. The molecule has 0 unspecified atom stereocenters. The Bertz CT molecular complexity index is 942. The Kier molecular flexibility index (Phi) is 5.81. The fourth-order valence-electron chi connectivity index (χ4n) is 3.43. The van der Waals surface area contributed by atoms with Gasteiger partial charge in [0.2, 0.25) is 17.7 Å². The van der Waals surface area contributed by atoms with E-state index in [1.165, 1.54) is 0 Å². The molecular weight excluding hydrogens is 370 g/mol. The largest absolute Gasteiger partial charge is 0.456 e. The molecule has 3 aromatic rings. The van der Waals surface area contributed by atoms with Gasteiger partial charge in [-0.3, -0.25) is 14.7 Å². The number of ether oxygens (including phenoxy) is 1. The van der Waals surface area contributed by atoms with Gasteiger partial charge in [0.05, 0.1) is 18.8 Å². The zero-order valence-electron chi connectivity index (χ0n) is 16.2. The summed E-state index contributed by atoms with van der Waals surface area (Å²) in [5.74, 6) is 2.40. The van der Waals surface area contributed by atoms with E-state index < -0.39 is 0 Å². The SMILES string of the molecule is Cc1nnc(CN2CCCC[C@@H]2C(=O)Nc2ccc(Oc3cccnc3)cc2)o1. The van der Waals surface area contributed by atoms with Crippen LogP contribution in [0.3, 0.4) is 0 Å². The lowest BCUT2D eigenvalue weighted by Gasteiger charge is -2.33. The van der Waals surface area contributed by atoms with Gasteiger partial charge in [0.25, 0.3) is 0 Å². The molecule has 1 aliphatic heterocycles. The summed E-state index contributed by atoms with van der Waals surface area (Å²) in [7, 11) is 0. The van der Waals surface area contributed by atoms with Crippen molar-refractivity contribution in [3.63, 3.8) is 0 Å². The van der Waals surface area contributed by atoms with Gasteiger partial charge in [0.15, 0.2) is 0 Å². The Morgan fingerprint density at radius 2 is 2.07 bits per heavy atom. The first-order valence-electron chi connectivity index (χ1n) is 9.69. The summed E-state index contributed by atoms with van der Waals surface area (Å²) in [6.45, 7) is 3.08. The van der Waals surface area contributed by atoms with Crippen molar-refractivity contribution in [2.45, 2.75) is 38.8 Å². The zero-order valence-corrected chi connectivity index (χ0v) is 16.2. The van der Waals surface area contributed by atoms with Crippen LogP contribution < -0.4 is 10.1 Å². The van der Waals surface area contributed by atoms with Crippen LogP contribution >= 0.6 is 0 Å². The number of nitrogens with one attached hydrogen (secondary N) is 1. The predicted molar refractivity (Wildman–Crippen MR) is 106 cm³/mol. The molecule has 3 heterocycles. The number of pyridine rings is 1. The summed E-state index contributed by atoms with van der Waals surface area (Å²) in [6, 6.07) is 10.7. The topological polar surface area (TPSA) is 93.4 Å². The Labute approximate surface area is 168 Å². The number of nitrogens with zero attached hydrogens (tertiary/aromatic N) is 4. The number of benzene rings is 1. The number of rotatable bonds is 6. The molecule has 0 saturated carbocycles. The first-order valence-corrected chi connectivity index (χ1v) is 9.69. The van der Waals surface area contributed by atoms with Crippen LogP contribution in [-0.4, -0.2) is 38.6 Å². The molecule has 0 bridgehead atoms. The van der Waals surface area contributed by atoms with Crippen LogP contribution in [0.2, 0.25) is 0 Å². The first kappa shape index (κ1) is 19.1. The number of aromatic nitrogens is 3. The highest BCUT2D eigenvalue weighted by atomic mass is 16.5. The molecule has 1 saturated heterocycles. The highest BCUT2D eigenvalue weighted by molar-refractivity contribution is 5.94. The number of carbonyl (C=O) groups excluding carboxylic acids is 1. The number of amides is 1. The molecular formula is C21H23N5O3. The van der Waals surface area contributed by atoms with Crippen LogP contribution in [-0.2, 0) is 11.3 Å². The third-order valence-electron chi connectivity index (χ3n) is 4.81. The number of anilines is 1. The number of hydrogen-bond acceptors (Lipinski definition) is 7. The summed E-state index contributed by atoms with van der Waals surface area (Å²) in [6.07, 6.45) is 6.23. The summed E-state index contributed by atoms with van der Waals surface area (Å²) in [5, 5.41) is 10.9. The van der Waals surface area contributed by atoms with E-state index in [1.807, 2.05) is 36.4 Å². The van der Waals surface area contributed by atoms with Gasteiger partial charge in [-0.05, 0) is 55.8 Å². The van der Waals surface area contributed by atoms with Crippen molar-refractivity contribution in [3.8, 4) is 11.5 Å². The van der Waals surface area contributed by atoms with Crippen molar-refractivity contribution in [3.05, 3.63) is 60.6 Å². The van der Waals surface area contributed by atoms with Crippen molar-refractivity contribution in [1.29, 1.82) is 0 Å². The number of carbonyl (C=O) groups is 1. The number of piperidine rings is 1. The number of likely N-dealkylation sites (tertiary alicyclic amines) is 1. The fraction of sp³-hybridized carbons (Fsp3) is 0.333. The van der Waals surface area contributed by atoms with Crippen molar-refractivity contribution in [1.82, 2.24) is 20.1 Å².